The fourth-order valence-corrected chi connectivity index (χ4v) is 2.63. The molecular formula is C21H17N3O. The molecule has 0 aliphatic heterocycles. The predicted molar refractivity (Wildman–Crippen MR) is 100 cm³/mol. The van der Waals surface area contributed by atoms with E-state index in [1.807, 2.05) is 72.8 Å². The average Bonchev–Trinajstić information content (AvgIpc) is 2.67. The van der Waals surface area contributed by atoms with Gasteiger partial charge in [-0.25, -0.2) is 9.97 Å². The van der Waals surface area contributed by atoms with Gasteiger partial charge in [-0.2, -0.15) is 0 Å². The van der Waals surface area contributed by atoms with E-state index in [0.29, 0.717) is 18.1 Å². The number of rotatable bonds is 4. The normalized spacial score (nSPS) is 10.7. The zero-order chi connectivity index (χ0) is 17.1. The number of anilines is 1. The third kappa shape index (κ3) is 3.43. The number of nitrogens with two attached hydrogens (primary N) is 1. The Morgan fingerprint density at radius 1 is 0.880 bits per heavy atom. The van der Waals surface area contributed by atoms with Crippen LogP contribution in [-0.2, 0) is 6.61 Å². The predicted octanol–water partition coefficient (Wildman–Crippen LogP) is 4.46. The van der Waals surface area contributed by atoms with Crippen LogP contribution < -0.4 is 10.5 Å². The van der Waals surface area contributed by atoms with Crippen molar-refractivity contribution in [3.63, 3.8) is 0 Å². The second-order valence-corrected chi connectivity index (χ2v) is 5.81. The molecule has 3 aromatic carbocycles. The lowest BCUT2D eigenvalue weighted by molar-refractivity contribution is 0.306. The van der Waals surface area contributed by atoms with Crippen LogP contribution in [-0.4, -0.2) is 9.97 Å². The summed E-state index contributed by atoms with van der Waals surface area (Å²) < 4.78 is 5.81. The van der Waals surface area contributed by atoms with Crippen molar-refractivity contribution in [3.05, 3.63) is 84.6 Å². The molecule has 1 heterocycles. The first-order valence-corrected chi connectivity index (χ1v) is 8.07. The molecule has 2 N–H and O–H groups in total. The Hall–Kier alpha value is -3.40. The quantitative estimate of drug-likeness (QED) is 0.562. The Morgan fingerprint density at radius 3 is 2.48 bits per heavy atom. The molecule has 0 radical (unpaired) electrons. The molecule has 122 valence electrons. The standard InChI is InChI=1S/C21H17N3O/c22-18-8-11-20-17(12-18)13-23-21(24-20)16-6-9-19(10-7-16)25-14-15-4-2-1-3-5-15/h1-13H,14,22H2. The van der Waals surface area contributed by atoms with Crippen molar-refractivity contribution in [1.82, 2.24) is 9.97 Å². The summed E-state index contributed by atoms with van der Waals surface area (Å²) in [5.41, 5.74) is 9.47. The van der Waals surface area contributed by atoms with Crippen LogP contribution in [0.1, 0.15) is 5.56 Å². The van der Waals surface area contributed by atoms with E-state index in [1.165, 1.54) is 0 Å². The highest BCUT2D eigenvalue weighted by Gasteiger charge is 2.04. The van der Waals surface area contributed by atoms with Gasteiger partial charge in [-0.1, -0.05) is 30.3 Å². The maximum Gasteiger partial charge on any atom is 0.159 e. The van der Waals surface area contributed by atoms with Gasteiger partial charge in [0.1, 0.15) is 12.4 Å². The SMILES string of the molecule is Nc1ccc2nc(-c3ccc(OCc4ccccc4)cc3)ncc2c1. The van der Waals surface area contributed by atoms with Gasteiger partial charge in [-0.15, -0.1) is 0 Å². The first-order chi connectivity index (χ1) is 12.3. The van der Waals surface area contributed by atoms with E-state index >= 15 is 0 Å². The average molecular weight is 327 g/mol. The lowest BCUT2D eigenvalue weighted by Gasteiger charge is -2.07. The van der Waals surface area contributed by atoms with Gasteiger partial charge in [-0.3, -0.25) is 0 Å². The molecule has 4 rings (SSSR count). The Morgan fingerprint density at radius 2 is 1.68 bits per heavy atom. The molecule has 1 aromatic heterocycles. The van der Waals surface area contributed by atoms with Gasteiger partial charge in [-0.05, 0) is 48.0 Å². The fraction of sp³-hybridized carbons (Fsp3) is 0.0476. The Labute approximate surface area is 145 Å². The molecule has 0 bridgehead atoms. The highest BCUT2D eigenvalue weighted by Crippen LogP contribution is 2.22. The monoisotopic (exact) mass is 327 g/mol. The number of nitrogens with zero attached hydrogens (tertiary/aromatic N) is 2. The smallest absolute Gasteiger partial charge is 0.159 e. The van der Waals surface area contributed by atoms with Crippen LogP contribution >= 0.6 is 0 Å². The molecule has 4 nitrogen and oxygen atoms in total. The molecular weight excluding hydrogens is 310 g/mol. The minimum atomic E-state index is 0.550. The number of nitrogen functional groups attached to an aromatic ring is 1. The molecule has 0 spiro atoms. The van der Waals surface area contributed by atoms with Crippen LogP contribution in [0, 0.1) is 0 Å². The summed E-state index contributed by atoms with van der Waals surface area (Å²) in [6.07, 6.45) is 1.80. The summed E-state index contributed by atoms with van der Waals surface area (Å²) >= 11 is 0. The van der Waals surface area contributed by atoms with Crippen LogP contribution in [0.25, 0.3) is 22.3 Å². The molecule has 0 aliphatic carbocycles. The van der Waals surface area contributed by atoms with Crippen molar-refractivity contribution < 1.29 is 4.74 Å². The molecule has 0 aliphatic rings. The summed E-state index contributed by atoms with van der Waals surface area (Å²) in [7, 11) is 0. The van der Waals surface area contributed by atoms with Gasteiger partial charge in [0.25, 0.3) is 0 Å². The Balaban J connectivity index is 1.52. The van der Waals surface area contributed by atoms with Crippen LogP contribution in [0.15, 0.2) is 79.0 Å². The first kappa shape index (κ1) is 15.1. The molecule has 0 atom stereocenters. The molecule has 0 saturated heterocycles. The Kier molecular flexibility index (Phi) is 4.01. The number of fused-ring (bicyclic) bond motifs is 1. The van der Waals surface area contributed by atoms with E-state index in [9.17, 15) is 0 Å². The maximum atomic E-state index is 5.81. The fourth-order valence-electron chi connectivity index (χ4n) is 2.63. The van der Waals surface area contributed by atoms with Gasteiger partial charge in [0.2, 0.25) is 0 Å². The summed E-state index contributed by atoms with van der Waals surface area (Å²) in [5, 5.41) is 0.937. The topological polar surface area (TPSA) is 61.0 Å². The minimum absolute atomic E-state index is 0.550. The van der Waals surface area contributed by atoms with Crippen molar-refractivity contribution in [2.24, 2.45) is 0 Å². The van der Waals surface area contributed by atoms with E-state index in [1.54, 1.807) is 6.20 Å². The Bertz CT molecular complexity index is 998. The zero-order valence-electron chi connectivity index (χ0n) is 13.6. The molecule has 4 aromatic rings. The lowest BCUT2D eigenvalue weighted by atomic mass is 10.2. The van der Waals surface area contributed by atoms with Gasteiger partial charge in [0.05, 0.1) is 5.52 Å². The van der Waals surface area contributed by atoms with Crippen molar-refractivity contribution in [2.75, 3.05) is 5.73 Å². The summed E-state index contributed by atoms with van der Waals surface area (Å²) in [6, 6.07) is 23.6. The largest absolute Gasteiger partial charge is 0.489 e. The summed E-state index contributed by atoms with van der Waals surface area (Å²) in [4.78, 5) is 9.04. The van der Waals surface area contributed by atoms with E-state index in [2.05, 4.69) is 9.97 Å². The van der Waals surface area contributed by atoms with Crippen LogP contribution in [0.3, 0.4) is 0 Å². The van der Waals surface area contributed by atoms with Crippen molar-refractivity contribution in [3.8, 4) is 17.1 Å². The van der Waals surface area contributed by atoms with Gasteiger partial charge in [0.15, 0.2) is 5.82 Å². The third-order valence-electron chi connectivity index (χ3n) is 3.96. The van der Waals surface area contributed by atoms with Gasteiger partial charge >= 0.3 is 0 Å². The summed E-state index contributed by atoms with van der Waals surface area (Å²) in [5.74, 6) is 1.51. The van der Waals surface area contributed by atoms with Crippen LogP contribution in [0.5, 0.6) is 5.75 Å². The maximum absolute atomic E-state index is 5.81. The van der Waals surface area contributed by atoms with Gasteiger partial charge < -0.3 is 10.5 Å². The van der Waals surface area contributed by atoms with Crippen LogP contribution in [0.4, 0.5) is 5.69 Å². The molecule has 0 amide bonds. The van der Waals surface area contributed by atoms with E-state index < -0.39 is 0 Å². The second kappa shape index (κ2) is 6.61. The van der Waals surface area contributed by atoms with E-state index in [-0.39, 0.29) is 0 Å². The first-order valence-electron chi connectivity index (χ1n) is 8.07. The van der Waals surface area contributed by atoms with E-state index in [0.717, 1.165) is 27.8 Å². The van der Waals surface area contributed by atoms with Crippen molar-refractivity contribution in [2.45, 2.75) is 6.61 Å². The number of benzene rings is 3. The molecule has 25 heavy (non-hydrogen) atoms. The molecule has 4 heteroatoms. The zero-order valence-corrected chi connectivity index (χ0v) is 13.6. The summed E-state index contributed by atoms with van der Waals surface area (Å²) in [6.45, 7) is 0.550. The second-order valence-electron chi connectivity index (χ2n) is 5.81. The van der Waals surface area contributed by atoms with Crippen molar-refractivity contribution in [1.29, 1.82) is 0 Å². The van der Waals surface area contributed by atoms with Gasteiger partial charge in [0, 0.05) is 22.8 Å². The number of ether oxygens (including phenoxy) is 1. The van der Waals surface area contributed by atoms with E-state index in [4.69, 9.17) is 10.5 Å². The molecule has 0 fully saturated rings. The number of hydrogen-bond donors (Lipinski definition) is 1. The lowest BCUT2D eigenvalue weighted by Crippen LogP contribution is -1.95. The molecule has 0 saturated carbocycles. The number of hydrogen-bond acceptors (Lipinski definition) is 4. The minimum Gasteiger partial charge on any atom is -0.489 e. The molecule has 0 unspecified atom stereocenters. The van der Waals surface area contributed by atoms with Crippen LogP contribution in [0.2, 0.25) is 0 Å². The number of aromatic nitrogens is 2. The van der Waals surface area contributed by atoms with Crippen molar-refractivity contribution >= 4 is 16.6 Å². The highest BCUT2D eigenvalue weighted by atomic mass is 16.5. The third-order valence-corrected chi connectivity index (χ3v) is 3.96. The highest BCUT2D eigenvalue weighted by molar-refractivity contribution is 5.82.